The summed E-state index contributed by atoms with van der Waals surface area (Å²) in [6.45, 7) is 1.72. The van der Waals surface area contributed by atoms with Crippen molar-refractivity contribution < 1.29 is 9.53 Å². The number of amides is 1. The summed E-state index contributed by atoms with van der Waals surface area (Å²) in [5.74, 6) is 0.585. The lowest BCUT2D eigenvalue weighted by atomic mass is 10.2. The van der Waals surface area contributed by atoms with Crippen LogP contribution in [0.2, 0.25) is 0 Å². The van der Waals surface area contributed by atoms with Crippen LogP contribution >= 0.6 is 0 Å². The molecule has 1 aliphatic rings. The zero-order chi connectivity index (χ0) is 12.1. The number of carbonyl (C=O) groups excluding carboxylic acids is 1. The highest BCUT2D eigenvalue weighted by Crippen LogP contribution is 2.13. The van der Waals surface area contributed by atoms with Crippen LogP contribution in [0.4, 0.5) is 0 Å². The highest BCUT2D eigenvalue weighted by Gasteiger charge is 2.17. The fraction of sp³-hybridized carbons (Fsp3) is 0.385. The molecule has 1 aromatic rings. The molecule has 0 atom stereocenters. The first-order valence-electron chi connectivity index (χ1n) is 5.70. The van der Waals surface area contributed by atoms with Crippen LogP contribution in [0.15, 0.2) is 24.3 Å². The fourth-order valence-corrected chi connectivity index (χ4v) is 1.86. The van der Waals surface area contributed by atoms with Gasteiger partial charge < -0.3 is 9.64 Å². The first-order valence-corrected chi connectivity index (χ1v) is 5.70. The maximum Gasteiger partial charge on any atom is 0.260 e. The van der Waals surface area contributed by atoms with Gasteiger partial charge in [-0.25, -0.2) is 0 Å². The maximum absolute atomic E-state index is 11.7. The summed E-state index contributed by atoms with van der Waals surface area (Å²) in [6.07, 6.45) is 2.16. The van der Waals surface area contributed by atoms with Crippen molar-refractivity contribution in [3.05, 3.63) is 29.8 Å². The summed E-state index contributed by atoms with van der Waals surface area (Å²) in [5, 5.41) is 8.73. The van der Waals surface area contributed by atoms with E-state index in [1.54, 1.807) is 24.3 Å². The van der Waals surface area contributed by atoms with Gasteiger partial charge in [-0.05, 0) is 31.0 Å². The van der Waals surface area contributed by atoms with Crippen LogP contribution in [0.25, 0.3) is 0 Å². The average Bonchev–Trinajstić information content (AvgIpc) is 2.90. The molecule has 1 heterocycles. The number of likely N-dealkylation sites (tertiary alicyclic amines) is 1. The van der Waals surface area contributed by atoms with Crippen LogP contribution in [0.1, 0.15) is 18.4 Å². The minimum Gasteiger partial charge on any atom is -0.484 e. The average molecular weight is 230 g/mol. The molecule has 0 N–H and O–H groups in total. The molecule has 1 amide bonds. The zero-order valence-corrected chi connectivity index (χ0v) is 9.56. The van der Waals surface area contributed by atoms with E-state index < -0.39 is 0 Å². The number of ether oxygens (including phenoxy) is 1. The van der Waals surface area contributed by atoms with E-state index in [2.05, 4.69) is 0 Å². The van der Waals surface area contributed by atoms with Crippen molar-refractivity contribution in [2.75, 3.05) is 19.7 Å². The molecule has 1 aliphatic heterocycles. The Morgan fingerprint density at radius 1 is 1.41 bits per heavy atom. The van der Waals surface area contributed by atoms with Crippen LogP contribution in [0.3, 0.4) is 0 Å². The number of rotatable bonds is 3. The third-order valence-electron chi connectivity index (χ3n) is 2.78. The van der Waals surface area contributed by atoms with Crippen molar-refractivity contribution >= 4 is 5.91 Å². The molecular formula is C13H14N2O2. The number of nitriles is 1. The molecule has 2 rings (SSSR count). The molecule has 0 aliphatic carbocycles. The topological polar surface area (TPSA) is 53.3 Å². The molecule has 0 saturated carbocycles. The molecule has 0 spiro atoms. The summed E-state index contributed by atoms with van der Waals surface area (Å²) in [5.41, 5.74) is 0.538. The normalized spacial score (nSPS) is 14.4. The molecule has 0 unspecified atom stereocenters. The Kier molecular flexibility index (Phi) is 3.61. The molecule has 1 fully saturated rings. The lowest BCUT2D eigenvalue weighted by Crippen LogP contribution is -2.32. The third-order valence-corrected chi connectivity index (χ3v) is 2.78. The van der Waals surface area contributed by atoms with Gasteiger partial charge in [0.15, 0.2) is 6.61 Å². The SMILES string of the molecule is N#Cc1cccc(OCC(=O)N2CCCC2)c1. The Hall–Kier alpha value is -2.02. The second-order valence-electron chi connectivity index (χ2n) is 4.02. The van der Waals surface area contributed by atoms with Crippen LogP contribution in [0, 0.1) is 11.3 Å². The van der Waals surface area contributed by atoms with E-state index in [9.17, 15) is 4.79 Å². The highest BCUT2D eigenvalue weighted by molar-refractivity contribution is 5.78. The molecule has 1 aromatic carbocycles. The van der Waals surface area contributed by atoms with Crippen molar-refractivity contribution in [2.45, 2.75) is 12.8 Å². The maximum atomic E-state index is 11.7. The lowest BCUT2D eigenvalue weighted by Gasteiger charge is -2.15. The van der Waals surface area contributed by atoms with Crippen molar-refractivity contribution in [3.8, 4) is 11.8 Å². The first kappa shape index (κ1) is 11.5. The summed E-state index contributed by atoms with van der Waals surface area (Å²) in [6, 6.07) is 8.87. The Morgan fingerprint density at radius 2 is 2.18 bits per heavy atom. The van der Waals surface area contributed by atoms with E-state index >= 15 is 0 Å². The monoisotopic (exact) mass is 230 g/mol. The Morgan fingerprint density at radius 3 is 2.88 bits per heavy atom. The fourth-order valence-electron chi connectivity index (χ4n) is 1.86. The molecule has 0 radical (unpaired) electrons. The molecule has 4 nitrogen and oxygen atoms in total. The number of nitrogens with zero attached hydrogens (tertiary/aromatic N) is 2. The van der Waals surface area contributed by atoms with Gasteiger partial charge in [-0.1, -0.05) is 6.07 Å². The van der Waals surface area contributed by atoms with Crippen LogP contribution in [-0.2, 0) is 4.79 Å². The summed E-state index contributed by atoms with van der Waals surface area (Å²) >= 11 is 0. The van der Waals surface area contributed by atoms with E-state index in [-0.39, 0.29) is 12.5 Å². The van der Waals surface area contributed by atoms with Gasteiger partial charge in [0.25, 0.3) is 5.91 Å². The van der Waals surface area contributed by atoms with Gasteiger partial charge in [0.05, 0.1) is 11.6 Å². The molecule has 88 valence electrons. The van der Waals surface area contributed by atoms with Gasteiger partial charge in [-0.2, -0.15) is 5.26 Å². The van der Waals surface area contributed by atoms with E-state index in [0.717, 1.165) is 25.9 Å². The van der Waals surface area contributed by atoms with Crippen molar-refractivity contribution in [2.24, 2.45) is 0 Å². The van der Waals surface area contributed by atoms with Gasteiger partial charge in [-0.3, -0.25) is 4.79 Å². The Bertz CT molecular complexity index is 445. The number of hydrogen-bond acceptors (Lipinski definition) is 3. The van der Waals surface area contributed by atoms with Gasteiger partial charge in [-0.15, -0.1) is 0 Å². The van der Waals surface area contributed by atoms with Crippen molar-refractivity contribution in [3.63, 3.8) is 0 Å². The largest absolute Gasteiger partial charge is 0.484 e. The van der Waals surface area contributed by atoms with Crippen LogP contribution in [-0.4, -0.2) is 30.5 Å². The number of carbonyl (C=O) groups is 1. The summed E-state index contributed by atoms with van der Waals surface area (Å²) < 4.78 is 5.38. The molecule has 1 saturated heterocycles. The minimum atomic E-state index is 0.0184. The number of hydrogen-bond donors (Lipinski definition) is 0. The molecule has 4 heteroatoms. The summed E-state index contributed by atoms with van der Waals surface area (Å²) in [4.78, 5) is 13.5. The summed E-state index contributed by atoms with van der Waals surface area (Å²) in [7, 11) is 0. The van der Waals surface area contributed by atoms with E-state index in [1.165, 1.54) is 0 Å². The minimum absolute atomic E-state index is 0.0184. The standard InChI is InChI=1S/C13H14N2O2/c14-9-11-4-3-5-12(8-11)17-10-13(16)15-6-1-2-7-15/h3-5,8H,1-2,6-7,10H2. The lowest BCUT2D eigenvalue weighted by molar-refractivity contribution is -0.132. The second kappa shape index (κ2) is 5.35. The van der Waals surface area contributed by atoms with Gasteiger partial charge in [0.2, 0.25) is 0 Å². The van der Waals surface area contributed by atoms with E-state index in [1.807, 2.05) is 11.0 Å². The molecule has 0 bridgehead atoms. The zero-order valence-electron chi connectivity index (χ0n) is 9.56. The quantitative estimate of drug-likeness (QED) is 0.791. The van der Waals surface area contributed by atoms with Gasteiger partial charge in [0.1, 0.15) is 5.75 Å². The second-order valence-corrected chi connectivity index (χ2v) is 4.02. The van der Waals surface area contributed by atoms with Crippen molar-refractivity contribution in [1.29, 1.82) is 5.26 Å². The smallest absolute Gasteiger partial charge is 0.260 e. The number of benzene rings is 1. The Balaban J connectivity index is 1.88. The van der Waals surface area contributed by atoms with E-state index in [4.69, 9.17) is 10.00 Å². The third kappa shape index (κ3) is 2.97. The first-order chi connectivity index (χ1) is 8.29. The van der Waals surface area contributed by atoms with E-state index in [0.29, 0.717) is 11.3 Å². The molecule has 17 heavy (non-hydrogen) atoms. The predicted octanol–water partition coefficient (Wildman–Crippen LogP) is 1.56. The molecular weight excluding hydrogens is 216 g/mol. The van der Waals surface area contributed by atoms with Gasteiger partial charge >= 0.3 is 0 Å². The Labute approximate surface area is 100 Å². The van der Waals surface area contributed by atoms with Crippen LogP contribution in [0.5, 0.6) is 5.75 Å². The highest BCUT2D eigenvalue weighted by atomic mass is 16.5. The van der Waals surface area contributed by atoms with Crippen molar-refractivity contribution in [1.82, 2.24) is 4.90 Å². The van der Waals surface area contributed by atoms with Gasteiger partial charge in [0, 0.05) is 13.1 Å². The predicted molar refractivity (Wildman–Crippen MR) is 62.5 cm³/mol. The van der Waals surface area contributed by atoms with Crippen LogP contribution < -0.4 is 4.74 Å². The molecule has 0 aromatic heterocycles.